The zero-order valence-electron chi connectivity index (χ0n) is 8.42. The molecular formula is C8H6ClF3N2O3. The van der Waals surface area contributed by atoms with Crippen LogP contribution in [0.5, 0.6) is 5.75 Å². The zero-order valence-corrected chi connectivity index (χ0v) is 9.17. The van der Waals surface area contributed by atoms with Crippen LogP contribution < -0.4 is 4.74 Å². The van der Waals surface area contributed by atoms with E-state index < -0.39 is 22.7 Å². The number of hydrogen-bond acceptors (Lipinski definition) is 4. The van der Waals surface area contributed by atoms with Gasteiger partial charge in [-0.2, -0.15) is 0 Å². The number of hydrogen-bond donors (Lipinski definition) is 0. The predicted molar refractivity (Wildman–Crippen MR) is 51.9 cm³/mol. The van der Waals surface area contributed by atoms with E-state index in [4.69, 9.17) is 11.6 Å². The van der Waals surface area contributed by atoms with Gasteiger partial charge in [0.15, 0.2) is 5.75 Å². The lowest BCUT2D eigenvalue weighted by Crippen LogP contribution is -2.18. The molecule has 0 aliphatic rings. The van der Waals surface area contributed by atoms with Crippen molar-refractivity contribution in [2.45, 2.75) is 19.2 Å². The molecule has 0 aliphatic carbocycles. The summed E-state index contributed by atoms with van der Waals surface area (Å²) in [6.45, 7) is 1.24. The molecule has 0 aliphatic heterocycles. The number of pyridine rings is 1. The lowest BCUT2D eigenvalue weighted by Gasteiger charge is -2.11. The molecule has 0 N–H and O–H groups in total. The number of alkyl halides is 4. The minimum atomic E-state index is -4.93. The van der Waals surface area contributed by atoms with Crippen molar-refractivity contribution in [3.63, 3.8) is 0 Å². The topological polar surface area (TPSA) is 65.3 Å². The van der Waals surface area contributed by atoms with Crippen molar-refractivity contribution in [2.75, 3.05) is 0 Å². The second kappa shape index (κ2) is 4.74. The number of aromatic nitrogens is 1. The molecule has 94 valence electrons. The number of nitrogens with zero attached hydrogens (tertiary/aromatic N) is 2. The fourth-order valence-corrected chi connectivity index (χ4v) is 1.31. The van der Waals surface area contributed by atoms with Gasteiger partial charge in [-0.25, -0.2) is 4.98 Å². The van der Waals surface area contributed by atoms with E-state index in [0.717, 1.165) is 0 Å². The van der Waals surface area contributed by atoms with Crippen LogP contribution in [0.15, 0.2) is 6.07 Å². The molecule has 1 aromatic heterocycles. The Morgan fingerprint density at radius 1 is 1.59 bits per heavy atom. The van der Waals surface area contributed by atoms with Crippen molar-refractivity contribution in [3.05, 3.63) is 27.6 Å². The maximum atomic E-state index is 12.0. The second-order valence-electron chi connectivity index (χ2n) is 2.98. The number of nitro groups is 1. The molecule has 17 heavy (non-hydrogen) atoms. The molecule has 0 saturated carbocycles. The highest BCUT2D eigenvalue weighted by atomic mass is 35.5. The Kier molecular flexibility index (Phi) is 3.76. The molecule has 1 aromatic rings. The summed E-state index contributed by atoms with van der Waals surface area (Å²) in [4.78, 5) is 13.3. The van der Waals surface area contributed by atoms with Crippen molar-refractivity contribution in [1.82, 2.24) is 4.98 Å². The van der Waals surface area contributed by atoms with Crippen molar-refractivity contribution in [1.29, 1.82) is 0 Å². The third-order valence-electron chi connectivity index (χ3n) is 1.77. The average molecular weight is 271 g/mol. The Hall–Kier alpha value is -1.57. The predicted octanol–water partition coefficient (Wildman–Crippen LogP) is 2.94. The highest BCUT2D eigenvalue weighted by molar-refractivity contribution is 6.17. The van der Waals surface area contributed by atoms with E-state index in [9.17, 15) is 23.3 Å². The summed E-state index contributed by atoms with van der Waals surface area (Å²) >= 11 is 5.40. The molecule has 1 heterocycles. The summed E-state index contributed by atoms with van der Waals surface area (Å²) in [7, 11) is 0. The molecule has 0 atom stereocenters. The van der Waals surface area contributed by atoms with Crippen LogP contribution in [0.2, 0.25) is 0 Å². The molecule has 0 fully saturated rings. The van der Waals surface area contributed by atoms with Crippen molar-refractivity contribution in [2.24, 2.45) is 0 Å². The lowest BCUT2D eigenvalue weighted by atomic mass is 10.2. The highest BCUT2D eigenvalue weighted by Crippen LogP contribution is 2.30. The molecule has 9 heteroatoms. The molecule has 0 spiro atoms. The van der Waals surface area contributed by atoms with E-state index in [1.54, 1.807) is 0 Å². The number of ether oxygens (including phenoxy) is 1. The Morgan fingerprint density at radius 3 is 2.59 bits per heavy atom. The summed E-state index contributed by atoms with van der Waals surface area (Å²) in [6.07, 6.45) is -4.93. The average Bonchev–Trinajstić information content (AvgIpc) is 2.18. The largest absolute Gasteiger partial charge is 0.573 e. The van der Waals surface area contributed by atoms with Gasteiger partial charge in [0.2, 0.25) is 0 Å². The van der Waals surface area contributed by atoms with E-state index in [0.29, 0.717) is 6.07 Å². The fourth-order valence-electron chi connectivity index (χ4n) is 1.11. The van der Waals surface area contributed by atoms with Gasteiger partial charge in [0.25, 0.3) is 5.69 Å². The molecule has 0 unspecified atom stereocenters. The van der Waals surface area contributed by atoms with Gasteiger partial charge in [-0.1, -0.05) is 0 Å². The van der Waals surface area contributed by atoms with Crippen molar-refractivity contribution in [3.8, 4) is 5.75 Å². The summed E-state index contributed by atoms with van der Waals surface area (Å²) in [6, 6.07) is 0.660. The molecule has 0 amide bonds. The maximum absolute atomic E-state index is 12.0. The van der Waals surface area contributed by atoms with E-state index in [-0.39, 0.29) is 17.3 Å². The lowest BCUT2D eigenvalue weighted by molar-refractivity contribution is -0.386. The fraction of sp³-hybridized carbons (Fsp3) is 0.375. The van der Waals surface area contributed by atoms with Crippen LogP contribution in [-0.2, 0) is 5.88 Å². The van der Waals surface area contributed by atoms with Gasteiger partial charge in [0.1, 0.15) is 5.69 Å². The molecule has 0 saturated heterocycles. The van der Waals surface area contributed by atoms with Gasteiger partial charge in [-0.15, -0.1) is 24.8 Å². The monoisotopic (exact) mass is 270 g/mol. The maximum Gasteiger partial charge on any atom is 0.573 e. The first-order valence-electron chi connectivity index (χ1n) is 4.21. The molecule has 0 radical (unpaired) electrons. The third kappa shape index (κ3) is 3.45. The van der Waals surface area contributed by atoms with Gasteiger partial charge in [-0.3, -0.25) is 10.1 Å². The van der Waals surface area contributed by atoms with E-state index in [1.807, 2.05) is 0 Å². The highest BCUT2D eigenvalue weighted by Gasteiger charge is 2.33. The third-order valence-corrected chi connectivity index (χ3v) is 2.02. The number of halogens is 4. The van der Waals surface area contributed by atoms with Crippen LogP contribution in [-0.4, -0.2) is 16.3 Å². The first-order valence-corrected chi connectivity index (χ1v) is 4.74. The minimum Gasteiger partial charge on any atom is -0.404 e. The summed E-state index contributed by atoms with van der Waals surface area (Å²) in [5.41, 5.74) is -0.836. The van der Waals surface area contributed by atoms with Crippen LogP contribution in [0.4, 0.5) is 18.9 Å². The van der Waals surface area contributed by atoms with Crippen LogP contribution in [0.3, 0.4) is 0 Å². The van der Waals surface area contributed by atoms with Gasteiger partial charge in [-0.05, 0) is 6.92 Å². The molecule has 5 nitrogen and oxygen atoms in total. The van der Waals surface area contributed by atoms with E-state index in [1.165, 1.54) is 6.92 Å². The Morgan fingerprint density at radius 2 is 2.18 bits per heavy atom. The van der Waals surface area contributed by atoms with Crippen molar-refractivity contribution < 1.29 is 22.8 Å². The molecule has 1 rings (SSSR count). The first-order chi connectivity index (χ1) is 7.74. The van der Waals surface area contributed by atoms with Crippen molar-refractivity contribution >= 4 is 17.3 Å². The SMILES string of the molecule is Cc1nc(CCl)c([N+](=O)[O-])cc1OC(F)(F)F. The standard InChI is InChI=1S/C8H6ClF3N2O3/c1-4-7(17-8(10,11)12)2-6(14(15)16)5(3-9)13-4/h2H,3H2,1H3. The van der Waals surface area contributed by atoms with Crippen LogP contribution >= 0.6 is 11.6 Å². The van der Waals surface area contributed by atoms with Gasteiger partial charge < -0.3 is 4.74 Å². The first kappa shape index (κ1) is 13.5. The zero-order chi connectivity index (χ0) is 13.2. The number of aryl methyl sites for hydroxylation is 1. The van der Waals surface area contributed by atoms with Crippen LogP contribution in [0, 0.1) is 17.0 Å². The molecule has 0 bridgehead atoms. The van der Waals surface area contributed by atoms with Crippen LogP contribution in [0.25, 0.3) is 0 Å². The smallest absolute Gasteiger partial charge is 0.404 e. The Bertz CT molecular complexity index is 450. The normalized spacial score (nSPS) is 11.4. The van der Waals surface area contributed by atoms with Gasteiger partial charge in [0, 0.05) is 0 Å². The minimum absolute atomic E-state index is 0.108. The number of rotatable bonds is 3. The van der Waals surface area contributed by atoms with Crippen LogP contribution in [0.1, 0.15) is 11.4 Å². The van der Waals surface area contributed by atoms with Gasteiger partial charge in [0.05, 0.1) is 22.6 Å². The van der Waals surface area contributed by atoms with E-state index >= 15 is 0 Å². The quantitative estimate of drug-likeness (QED) is 0.481. The molecular weight excluding hydrogens is 265 g/mol. The summed E-state index contributed by atoms with van der Waals surface area (Å²) in [5, 5.41) is 10.6. The molecule has 0 aromatic carbocycles. The van der Waals surface area contributed by atoms with E-state index in [2.05, 4.69) is 9.72 Å². The summed E-state index contributed by atoms with van der Waals surface area (Å²) in [5.74, 6) is -0.984. The van der Waals surface area contributed by atoms with Gasteiger partial charge >= 0.3 is 6.36 Å². The Labute approximate surface area is 98.3 Å². The second-order valence-corrected chi connectivity index (χ2v) is 3.24. The Balaban J connectivity index is 3.25. The summed E-state index contributed by atoms with van der Waals surface area (Å²) < 4.78 is 39.6.